The van der Waals surface area contributed by atoms with E-state index in [4.69, 9.17) is 27.4 Å². The van der Waals surface area contributed by atoms with Crippen LogP contribution in [0, 0.1) is 12.3 Å². The minimum atomic E-state index is -0.706. The number of carboxylic acid groups (broad SMARTS) is 1. The van der Waals surface area contributed by atoms with Crippen molar-refractivity contribution in [2.45, 2.75) is 52.0 Å². The molecule has 3 N–H and O–H groups in total. The predicted octanol–water partition coefficient (Wildman–Crippen LogP) is 4.95. The Labute approximate surface area is 204 Å². The van der Waals surface area contributed by atoms with Crippen LogP contribution in [-0.2, 0) is 11.3 Å². The maximum atomic E-state index is 10.6. The molecule has 34 heavy (non-hydrogen) atoms. The highest BCUT2D eigenvalue weighted by atomic mass is 35.5. The van der Waals surface area contributed by atoms with Crippen molar-refractivity contribution in [2.75, 3.05) is 6.54 Å². The topological polar surface area (TPSA) is 106 Å². The van der Waals surface area contributed by atoms with Crippen LogP contribution < -0.4 is 5.73 Å². The molecule has 1 aliphatic carbocycles. The molecule has 2 aliphatic rings. The van der Waals surface area contributed by atoms with Gasteiger partial charge < -0.3 is 10.8 Å². The molecule has 1 aromatic heterocycles. The van der Waals surface area contributed by atoms with Crippen molar-refractivity contribution in [3.8, 4) is 5.69 Å². The predicted molar refractivity (Wildman–Crippen MR) is 134 cm³/mol. The lowest BCUT2D eigenvalue weighted by atomic mass is 9.72. The number of aliphatic imine (C=N–C) groups is 1. The highest BCUT2D eigenvalue weighted by Crippen LogP contribution is 2.38. The first-order valence-corrected chi connectivity index (χ1v) is 12.0. The maximum absolute atomic E-state index is 10.6. The van der Waals surface area contributed by atoms with Crippen molar-refractivity contribution in [3.05, 3.63) is 76.3 Å². The van der Waals surface area contributed by atoms with E-state index >= 15 is 0 Å². The van der Waals surface area contributed by atoms with Gasteiger partial charge in [0.1, 0.15) is 12.4 Å². The summed E-state index contributed by atoms with van der Waals surface area (Å²) < 4.78 is 2.05. The van der Waals surface area contributed by atoms with Crippen molar-refractivity contribution < 1.29 is 9.90 Å². The quantitative estimate of drug-likeness (QED) is 0.550. The van der Waals surface area contributed by atoms with Crippen LogP contribution in [0.15, 0.2) is 53.5 Å². The van der Waals surface area contributed by atoms with Crippen LogP contribution in [0.2, 0.25) is 5.02 Å². The van der Waals surface area contributed by atoms with E-state index < -0.39 is 5.97 Å². The van der Waals surface area contributed by atoms with Gasteiger partial charge in [0, 0.05) is 16.1 Å². The summed E-state index contributed by atoms with van der Waals surface area (Å²) in [4.78, 5) is 15.3. The molecule has 7 nitrogen and oxygen atoms in total. The molecule has 178 valence electrons. The first-order valence-electron chi connectivity index (χ1n) is 11.7. The number of aliphatic carboxylic acids is 1. The Morgan fingerprint density at radius 1 is 1.12 bits per heavy atom. The minimum absolute atomic E-state index is 0.0793. The van der Waals surface area contributed by atoms with Gasteiger partial charge in [-0.15, -0.1) is 10.2 Å². The van der Waals surface area contributed by atoms with Crippen molar-refractivity contribution in [3.63, 3.8) is 0 Å². The average molecular weight is 480 g/mol. The van der Waals surface area contributed by atoms with E-state index in [1.807, 2.05) is 47.9 Å². The van der Waals surface area contributed by atoms with E-state index in [9.17, 15) is 4.79 Å². The molecular weight excluding hydrogens is 450 g/mol. The number of nitrogens with two attached hydrogens (primary N) is 1. The number of aromatic nitrogens is 3. The molecule has 0 radical (unpaired) electrons. The van der Waals surface area contributed by atoms with Crippen LogP contribution in [0.25, 0.3) is 5.69 Å². The third-order valence-electron chi connectivity index (χ3n) is 6.65. The van der Waals surface area contributed by atoms with Gasteiger partial charge in [-0.05, 0) is 49.9 Å². The van der Waals surface area contributed by atoms with E-state index in [1.165, 1.54) is 6.42 Å². The first-order chi connectivity index (χ1) is 16.4. The Hall–Kier alpha value is -3.03. The van der Waals surface area contributed by atoms with Crippen LogP contribution >= 0.6 is 11.6 Å². The molecule has 0 bridgehead atoms. The summed E-state index contributed by atoms with van der Waals surface area (Å²) in [5.41, 5.74) is 9.56. The number of hydrogen-bond acceptors (Lipinski definition) is 5. The molecule has 0 saturated heterocycles. The molecule has 1 saturated carbocycles. The second-order valence-corrected chi connectivity index (χ2v) is 9.46. The van der Waals surface area contributed by atoms with Crippen LogP contribution in [0.1, 0.15) is 61.3 Å². The second kappa shape index (κ2) is 10.5. The number of aryl methyl sites for hydroxylation is 1. The molecule has 0 unspecified atom stereocenters. The number of nitrogens with zero attached hydrogens (tertiary/aromatic N) is 4. The summed E-state index contributed by atoms with van der Waals surface area (Å²) in [6.45, 7) is 2.97. The number of rotatable bonds is 4. The van der Waals surface area contributed by atoms with Gasteiger partial charge in [0.15, 0.2) is 5.82 Å². The van der Waals surface area contributed by atoms with Crippen molar-refractivity contribution in [2.24, 2.45) is 16.1 Å². The second-order valence-electron chi connectivity index (χ2n) is 9.03. The Bertz CT molecular complexity index is 1180. The lowest BCUT2D eigenvalue weighted by Gasteiger charge is -2.34. The molecular formula is C26H30ClN5O2. The number of carboxylic acids is 1. The van der Waals surface area contributed by atoms with Crippen LogP contribution in [0.3, 0.4) is 0 Å². The van der Waals surface area contributed by atoms with E-state index in [2.05, 4.69) is 22.3 Å². The van der Waals surface area contributed by atoms with Crippen LogP contribution in [-0.4, -0.2) is 38.1 Å². The van der Waals surface area contributed by atoms with Gasteiger partial charge in [-0.25, -0.2) is 0 Å². The molecule has 2 heterocycles. The van der Waals surface area contributed by atoms with Gasteiger partial charge >= 0.3 is 5.97 Å². The fourth-order valence-electron chi connectivity index (χ4n) is 4.87. The fourth-order valence-corrected chi connectivity index (χ4v) is 5.04. The standard InChI is InChI=1S/C17H13ClN4.C9H17NO2/c1-11-20-21-16-10-19-17(12-5-3-2-4-6-12)14-9-13(18)7-8-15(14)22(11)16;10-7-9(6-8(11)12)4-2-1-3-5-9/h2-9H,10H2,1H3;1-7,10H2,(H,11,12). The molecule has 0 amide bonds. The van der Waals surface area contributed by atoms with E-state index in [0.717, 1.165) is 59.9 Å². The first kappa shape index (κ1) is 24.1. The van der Waals surface area contributed by atoms with Crippen molar-refractivity contribution >= 4 is 23.3 Å². The van der Waals surface area contributed by atoms with Gasteiger partial charge in [0.2, 0.25) is 0 Å². The van der Waals surface area contributed by atoms with Gasteiger partial charge in [-0.3, -0.25) is 14.4 Å². The summed E-state index contributed by atoms with van der Waals surface area (Å²) >= 11 is 6.23. The van der Waals surface area contributed by atoms with Gasteiger partial charge in [0.05, 0.1) is 17.8 Å². The molecule has 0 spiro atoms. The number of hydrogen-bond donors (Lipinski definition) is 2. The molecule has 0 atom stereocenters. The maximum Gasteiger partial charge on any atom is 0.303 e. The Kier molecular flexibility index (Phi) is 7.44. The third-order valence-corrected chi connectivity index (χ3v) is 6.88. The zero-order valence-electron chi connectivity index (χ0n) is 19.4. The van der Waals surface area contributed by atoms with Crippen LogP contribution in [0.4, 0.5) is 0 Å². The average Bonchev–Trinajstić information content (AvgIpc) is 3.12. The lowest BCUT2D eigenvalue weighted by molar-refractivity contribution is -0.140. The largest absolute Gasteiger partial charge is 0.481 e. The zero-order valence-corrected chi connectivity index (χ0v) is 20.1. The highest BCUT2D eigenvalue weighted by Gasteiger charge is 2.32. The molecule has 1 aliphatic heterocycles. The SMILES string of the molecule is Cc1nnc2n1-c1ccc(Cl)cc1C(c1ccccc1)=NC2.NCC1(CC(=O)O)CCCCC1. The lowest BCUT2D eigenvalue weighted by Crippen LogP contribution is -2.34. The Balaban J connectivity index is 0.000000195. The number of benzene rings is 2. The van der Waals surface area contributed by atoms with Crippen molar-refractivity contribution in [1.82, 2.24) is 14.8 Å². The molecule has 2 aromatic carbocycles. The third kappa shape index (κ3) is 5.21. The van der Waals surface area contributed by atoms with E-state index in [-0.39, 0.29) is 11.8 Å². The summed E-state index contributed by atoms with van der Waals surface area (Å²) in [7, 11) is 0. The molecule has 8 heteroatoms. The normalized spacial score (nSPS) is 16.3. The summed E-state index contributed by atoms with van der Waals surface area (Å²) in [6, 6.07) is 16.0. The van der Waals surface area contributed by atoms with Gasteiger partial charge in [-0.2, -0.15) is 0 Å². The molecule has 1 fully saturated rings. The number of fused-ring (bicyclic) bond motifs is 3. The number of carbonyl (C=O) groups is 1. The Morgan fingerprint density at radius 2 is 1.85 bits per heavy atom. The van der Waals surface area contributed by atoms with Crippen LogP contribution in [0.5, 0.6) is 0 Å². The smallest absolute Gasteiger partial charge is 0.303 e. The minimum Gasteiger partial charge on any atom is -0.481 e. The van der Waals surface area contributed by atoms with E-state index in [1.54, 1.807) is 0 Å². The van der Waals surface area contributed by atoms with Crippen molar-refractivity contribution in [1.29, 1.82) is 0 Å². The van der Waals surface area contributed by atoms with E-state index in [0.29, 0.717) is 18.1 Å². The number of halogens is 1. The summed E-state index contributed by atoms with van der Waals surface area (Å²) in [5, 5.41) is 17.8. The summed E-state index contributed by atoms with van der Waals surface area (Å²) in [5.74, 6) is 0.984. The van der Waals surface area contributed by atoms with Gasteiger partial charge in [0.25, 0.3) is 0 Å². The van der Waals surface area contributed by atoms with Gasteiger partial charge in [-0.1, -0.05) is 61.2 Å². The highest BCUT2D eigenvalue weighted by molar-refractivity contribution is 6.31. The molecule has 3 aromatic rings. The Morgan fingerprint density at radius 3 is 2.53 bits per heavy atom. The molecule has 5 rings (SSSR count). The summed E-state index contributed by atoms with van der Waals surface area (Å²) in [6.07, 6.45) is 5.77. The monoisotopic (exact) mass is 479 g/mol. The zero-order chi connectivity index (χ0) is 24.1. The fraction of sp³-hybridized carbons (Fsp3) is 0.385.